The lowest BCUT2D eigenvalue weighted by molar-refractivity contribution is -0.123. The maximum atomic E-state index is 11.7. The van der Waals surface area contributed by atoms with Crippen molar-refractivity contribution in [3.63, 3.8) is 0 Å². The van der Waals surface area contributed by atoms with Gasteiger partial charge in [-0.2, -0.15) is 0 Å². The lowest BCUT2D eigenvalue weighted by atomic mass is 10.2. The Morgan fingerprint density at radius 2 is 1.59 bits per heavy atom. The molecule has 160 valence electrons. The molecule has 0 aromatic heterocycles. The summed E-state index contributed by atoms with van der Waals surface area (Å²) in [6.07, 6.45) is 2.62. The smallest absolute Gasteiger partial charge is 0.220 e. The number of ether oxygens (including phenoxy) is 4. The molecule has 10 nitrogen and oxygen atoms in total. The Labute approximate surface area is 161 Å². The average molecular weight is 393 g/mol. The zero-order valence-corrected chi connectivity index (χ0v) is 16.5. The summed E-state index contributed by atoms with van der Waals surface area (Å²) >= 11 is 0. The van der Waals surface area contributed by atoms with Gasteiger partial charge < -0.3 is 34.4 Å². The van der Waals surface area contributed by atoms with Crippen LogP contribution in [-0.4, -0.2) is 78.4 Å². The molecule has 0 radical (unpaired) electrons. The van der Waals surface area contributed by atoms with Crippen LogP contribution in [0.5, 0.6) is 0 Å². The number of rotatable bonds is 19. The first kappa shape index (κ1) is 25.7. The molecule has 0 aliphatic rings. The first-order valence-corrected chi connectivity index (χ1v) is 9.16. The van der Waals surface area contributed by atoms with E-state index >= 15 is 0 Å². The van der Waals surface area contributed by atoms with E-state index in [0.717, 1.165) is 12.8 Å². The van der Waals surface area contributed by atoms with Crippen molar-refractivity contribution in [3.05, 3.63) is 0 Å². The quantitative estimate of drug-likeness (QED) is 0.155. The third-order valence-electron chi connectivity index (χ3n) is 3.54. The summed E-state index contributed by atoms with van der Waals surface area (Å²) in [5, 5.41) is 5.52. The largest absolute Gasteiger partial charge is 0.382 e. The van der Waals surface area contributed by atoms with E-state index in [1.807, 2.05) is 0 Å². The van der Waals surface area contributed by atoms with Gasteiger partial charge in [-0.05, 0) is 19.3 Å². The van der Waals surface area contributed by atoms with Crippen molar-refractivity contribution in [1.82, 2.24) is 10.6 Å². The van der Waals surface area contributed by atoms with Crippen LogP contribution in [0, 0.1) is 0 Å². The Kier molecular flexibility index (Phi) is 18.5. The molecule has 0 saturated heterocycles. The second-order valence-electron chi connectivity index (χ2n) is 5.84. The molecule has 0 aromatic rings. The Bertz CT molecular complexity index is 372. The van der Waals surface area contributed by atoms with E-state index in [9.17, 15) is 9.59 Å². The van der Waals surface area contributed by atoms with Crippen LogP contribution in [0.3, 0.4) is 0 Å². The van der Waals surface area contributed by atoms with Gasteiger partial charge in [0.1, 0.15) is 12.9 Å². The van der Waals surface area contributed by atoms with Gasteiger partial charge in [-0.15, -0.1) is 0 Å². The fourth-order valence-corrected chi connectivity index (χ4v) is 2.05. The van der Waals surface area contributed by atoms with Crippen LogP contribution in [0.25, 0.3) is 0 Å². The zero-order valence-electron chi connectivity index (χ0n) is 16.5. The zero-order chi connectivity index (χ0) is 20.2. The van der Waals surface area contributed by atoms with Crippen LogP contribution in [0.2, 0.25) is 0 Å². The lowest BCUT2D eigenvalue weighted by Crippen LogP contribution is -2.29. The second-order valence-corrected chi connectivity index (χ2v) is 5.84. The summed E-state index contributed by atoms with van der Waals surface area (Å²) in [4.78, 5) is 27.7. The molecule has 0 aliphatic carbocycles. The van der Waals surface area contributed by atoms with Crippen LogP contribution >= 0.6 is 0 Å². The van der Waals surface area contributed by atoms with E-state index in [4.69, 9.17) is 24.8 Å². The Hall–Kier alpha value is -1.30. The fraction of sp³-hybridized carbons (Fsp3) is 0.882. The molecule has 0 spiro atoms. The Morgan fingerprint density at radius 1 is 0.889 bits per heavy atom. The fourth-order valence-electron chi connectivity index (χ4n) is 2.05. The van der Waals surface area contributed by atoms with E-state index in [1.54, 1.807) is 14.2 Å². The van der Waals surface area contributed by atoms with Crippen molar-refractivity contribution in [2.45, 2.75) is 38.2 Å². The lowest BCUT2D eigenvalue weighted by Gasteiger charge is -2.14. The van der Waals surface area contributed by atoms with Crippen LogP contribution in [0.4, 0.5) is 0 Å². The molecular weight excluding hydrogens is 358 g/mol. The average Bonchev–Trinajstić information content (AvgIpc) is 2.66. The van der Waals surface area contributed by atoms with Crippen molar-refractivity contribution in [2.75, 3.05) is 60.5 Å². The summed E-state index contributed by atoms with van der Waals surface area (Å²) in [6.45, 7) is 2.76. The third-order valence-corrected chi connectivity index (χ3v) is 3.54. The molecule has 0 bridgehead atoms. The van der Waals surface area contributed by atoms with Crippen molar-refractivity contribution < 1.29 is 33.4 Å². The Morgan fingerprint density at radius 3 is 2.22 bits per heavy atom. The molecular formula is C17H35N3O7. The number of unbranched alkanes of at least 4 members (excludes halogenated alkanes) is 1. The van der Waals surface area contributed by atoms with Gasteiger partial charge in [-0.25, -0.2) is 5.90 Å². The highest BCUT2D eigenvalue weighted by Gasteiger charge is 2.07. The highest BCUT2D eigenvalue weighted by molar-refractivity contribution is 5.78. The van der Waals surface area contributed by atoms with Crippen molar-refractivity contribution >= 4 is 11.8 Å². The second kappa shape index (κ2) is 19.5. The van der Waals surface area contributed by atoms with Gasteiger partial charge in [-0.3, -0.25) is 9.59 Å². The number of carbonyl (C=O) groups excluding carboxylic acids is 2. The first-order chi connectivity index (χ1) is 13.1. The van der Waals surface area contributed by atoms with Gasteiger partial charge in [0, 0.05) is 40.2 Å². The van der Waals surface area contributed by atoms with E-state index in [0.29, 0.717) is 58.8 Å². The van der Waals surface area contributed by atoms with Gasteiger partial charge in [0.25, 0.3) is 0 Å². The highest BCUT2D eigenvalue weighted by Crippen LogP contribution is 1.96. The monoisotopic (exact) mass is 393 g/mol. The van der Waals surface area contributed by atoms with E-state index in [2.05, 4.69) is 15.5 Å². The van der Waals surface area contributed by atoms with Crippen LogP contribution in [-0.2, 0) is 33.4 Å². The number of nitrogens with two attached hydrogens (primary N) is 1. The molecule has 1 atom stereocenters. The van der Waals surface area contributed by atoms with Gasteiger partial charge in [-0.1, -0.05) is 0 Å². The maximum Gasteiger partial charge on any atom is 0.220 e. The predicted molar refractivity (Wildman–Crippen MR) is 98.7 cm³/mol. The summed E-state index contributed by atoms with van der Waals surface area (Å²) in [5.74, 6) is 4.75. The SMILES string of the molecule is COCC(COCOCCNC(=O)CCCC(=O)NCCCCON)OC. The molecule has 4 N–H and O–H groups in total. The molecule has 0 heterocycles. The highest BCUT2D eigenvalue weighted by atomic mass is 16.7. The molecule has 0 rings (SSSR count). The van der Waals surface area contributed by atoms with Gasteiger partial charge in [0.2, 0.25) is 11.8 Å². The van der Waals surface area contributed by atoms with Gasteiger partial charge in [0.05, 0.1) is 26.4 Å². The van der Waals surface area contributed by atoms with Crippen LogP contribution in [0.15, 0.2) is 0 Å². The first-order valence-electron chi connectivity index (χ1n) is 9.16. The van der Waals surface area contributed by atoms with Gasteiger partial charge >= 0.3 is 0 Å². The molecule has 0 aromatic carbocycles. The van der Waals surface area contributed by atoms with Crippen molar-refractivity contribution in [1.29, 1.82) is 0 Å². The van der Waals surface area contributed by atoms with E-state index < -0.39 is 0 Å². The number of carbonyl (C=O) groups is 2. The standard InChI is InChI=1S/C17H35N3O7/c1-23-12-15(24-2)13-26-14-25-11-9-20-17(22)7-5-6-16(21)19-8-3-4-10-27-18/h15H,3-14,18H2,1-2H3,(H,19,21)(H,20,22). The minimum absolute atomic E-state index is 0.0558. The van der Waals surface area contributed by atoms with Crippen molar-refractivity contribution in [2.24, 2.45) is 5.90 Å². The number of hydrogen-bond acceptors (Lipinski definition) is 8. The summed E-state index contributed by atoms with van der Waals surface area (Å²) < 4.78 is 20.7. The summed E-state index contributed by atoms with van der Waals surface area (Å²) in [5.41, 5.74) is 0. The number of amides is 2. The molecule has 27 heavy (non-hydrogen) atoms. The van der Waals surface area contributed by atoms with Crippen molar-refractivity contribution in [3.8, 4) is 0 Å². The topological polar surface area (TPSA) is 130 Å². The number of methoxy groups -OCH3 is 2. The third kappa shape index (κ3) is 17.9. The molecule has 0 fully saturated rings. The minimum atomic E-state index is -0.129. The Balaban J connectivity index is 3.42. The van der Waals surface area contributed by atoms with Crippen LogP contribution < -0.4 is 16.5 Å². The van der Waals surface area contributed by atoms with Crippen LogP contribution in [0.1, 0.15) is 32.1 Å². The number of hydrogen-bond donors (Lipinski definition) is 3. The van der Waals surface area contributed by atoms with E-state index in [-0.39, 0.29) is 24.7 Å². The summed E-state index contributed by atoms with van der Waals surface area (Å²) in [6, 6.07) is 0. The number of nitrogens with one attached hydrogen (secondary N) is 2. The minimum Gasteiger partial charge on any atom is -0.382 e. The molecule has 2 amide bonds. The summed E-state index contributed by atoms with van der Waals surface area (Å²) in [7, 11) is 3.18. The molecule has 1 unspecified atom stereocenters. The van der Waals surface area contributed by atoms with Gasteiger partial charge in [0.15, 0.2) is 0 Å². The molecule has 0 aliphatic heterocycles. The predicted octanol–water partition coefficient (Wildman–Crippen LogP) is -0.288. The molecule has 0 saturated carbocycles. The maximum absolute atomic E-state index is 11.7. The van der Waals surface area contributed by atoms with E-state index in [1.165, 1.54) is 0 Å². The molecule has 10 heteroatoms. The normalized spacial score (nSPS) is 12.0.